The minimum Gasteiger partial charge on any atom is -0.412 e. The Labute approximate surface area is 237 Å². The molecule has 0 aliphatic carbocycles. The van der Waals surface area contributed by atoms with Gasteiger partial charge in [0.1, 0.15) is 7.11 Å². The van der Waals surface area contributed by atoms with Crippen LogP contribution in [0.4, 0.5) is 19.1 Å². The summed E-state index contributed by atoms with van der Waals surface area (Å²) >= 11 is 12.2. The Morgan fingerprint density at radius 2 is 1.82 bits per heavy atom. The van der Waals surface area contributed by atoms with Gasteiger partial charge in [0.05, 0.1) is 16.1 Å². The Bertz CT molecular complexity index is 1640. The van der Waals surface area contributed by atoms with Crippen LogP contribution in [-0.4, -0.2) is 59.7 Å². The first-order chi connectivity index (χ1) is 18.9. The van der Waals surface area contributed by atoms with Gasteiger partial charge in [-0.3, -0.25) is 9.59 Å². The quantitative estimate of drug-likeness (QED) is 0.265. The molecular weight excluding hydrogens is 570 g/mol. The highest BCUT2D eigenvalue weighted by Crippen LogP contribution is 2.35. The number of hydrogen-bond donors (Lipinski definition) is 1. The zero-order chi connectivity index (χ0) is 29.2. The Hall–Kier alpha value is -3.67. The first-order valence-corrected chi connectivity index (χ1v) is 12.7. The number of nitrogens with one attached hydrogen (secondary N) is 1. The molecule has 0 saturated heterocycles. The number of likely N-dealkylation sites (N-methyl/N-ethyl adjacent to an activating group) is 1. The number of ketones is 1. The molecule has 0 saturated carbocycles. The number of fused-ring (bicyclic) bond motifs is 1. The predicted molar refractivity (Wildman–Crippen MR) is 148 cm³/mol. The number of carbonyl (C=O) groups excluding carboxylic acids is 1. The molecule has 4 rings (SSSR count). The van der Waals surface area contributed by atoms with Gasteiger partial charge in [0.25, 0.3) is 5.56 Å². The third-order valence-electron chi connectivity index (χ3n) is 6.01. The van der Waals surface area contributed by atoms with E-state index < -0.39 is 28.1 Å². The van der Waals surface area contributed by atoms with Gasteiger partial charge in [-0.2, -0.15) is 18.2 Å². The van der Waals surface area contributed by atoms with Gasteiger partial charge in [0.2, 0.25) is 5.95 Å². The number of nitrogens with zero attached hydrogens (tertiary/aromatic N) is 4. The van der Waals surface area contributed by atoms with E-state index in [1.807, 2.05) is 19.0 Å². The summed E-state index contributed by atoms with van der Waals surface area (Å²) in [6, 6.07) is 9.24. The number of pyridine rings is 1. The SMILES string of the molecule is COn1c(=O)c(-c2ccc(CC(=O)c3ccc(Cl)c(C(F)(F)F)c3)cc2Cl)cc2cnc(NCCN(C)C)nc21. The van der Waals surface area contributed by atoms with Crippen molar-refractivity contribution in [2.24, 2.45) is 0 Å². The molecule has 1 N–H and O–H groups in total. The lowest BCUT2D eigenvalue weighted by Gasteiger charge is -2.14. The van der Waals surface area contributed by atoms with Crippen LogP contribution in [0.1, 0.15) is 21.5 Å². The van der Waals surface area contributed by atoms with Crippen molar-refractivity contribution in [2.75, 3.05) is 39.6 Å². The summed E-state index contributed by atoms with van der Waals surface area (Å²) in [5.74, 6) is -0.215. The van der Waals surface area contributed by atoms with E-state index in [0.29, 0.717) is 29.0 Å². The molecular formula is C27H24Cl2F3N5O3. The van der Waals surface area contributed by atoms with Crippen LogP contribution in [0.15, 0.2) is 53.5 Å². The normalized spacial score (nSPS) is 11.7. The summed E-state index contributed by atoms with van der Waals surface area (Å²) in [6.07, 6.45) is -3.35. The molecule has 0 spiro atoms. The van der Waals surface area contributed by atoms with Gasteiger partial charge in [-0.1, -0.05) is 35.3 Å². The van der Waals surface area contributed by atoms with E-state index in [4.69, 9.17) is 28.0 Å². The number of alkyl halides is 3. The van der Waals surface area contributed by atoms with Crippen molar-refractivity contribution in [3.05, 3.63) is 85.8 Å². The van der Waals surface area contributed by atoms with Crippen LogP contribution in [0.3, 0.4) is 0 Å². The summed E-state index contributed by atoms with van der Waals surface area (Å²) in [5, 5.41) is 3.29. The first-order valence-electron chi connectivity index (χ1n) is 11.9. The summed E-state index contributed by atoms with van der Waals surface area (Å²) in [5.41, 5.74) is -0.439. The van der Waals surface area contributed by atoms with Crippen molar-refractivity contribution in [3.63, 3.8) is 0 Å². The maximum Gasteiger partial charge on any atom is 0.417 e. The van der Waals surface area contributed by atoms with E-state index in [1.54, 1.807) is 24.4 Å². The van der Waals surface area contributed by atoms with Crippen LogP contribution in [0.25, 0.3) is 22.2 Å². The average Bonchev–Trinajstić information content (AvgIpc) is 2.88. The Balaban J connectivity index is 1.63. The number of carbonyl (C=O) groups is 1. The molecule has 2 heterocycles. The Morgan fingerprint density at radius 3 is 2.48 bits per heavy atom. The number of hydrogen-bond acceptors (Lipinski definition) is 7. The second-order valence-corrected chi connectivity index (χ2v) is 9.96. The highest BCUT2D eigenvalue weighted by molar-refractivity contribution is 6.33. The van der Waals surface area contributed by atoms with Crippen molar-refractivity contribution in [3.8, 4) is 11.1 Å². The second-order valence-electron chi connectivity index (χ2n) is 9.15. The fourth-order valence-electron chi connectivity index (χ4n) is 4.00. The average molecular weight is 594 g/mol. The van der Waals surface area contributed by atoms with E-state index in [2.05, 4.69) is 15.3 Å². The van der Waals surface area contributed by atoms with Crippen molar-refractivity contribution >= 4 is 46.0 Å². The number of Topliss-reactive ketones (excluding diaryl/α,β-unsaturated/α-hetero) is 1. The van der Waals surface area contributed by atoms with Crippen molar-refractivity contribution in [2.45, 2.75) is 12.6 Å². The first kappa shape index (κ1) is 29.3. The molecule has 0 amide bonds. The van der Waals surface area contributed by atoms with Crippen molar-refractivity contribution in [1.82, 2.24) is 19.6 Å². The van der Waals surface area contributed by atoms with Gasteiger partial charge < -0.3 is 15.1 Å². The lowest BCUT2D eigenvalue weighted by atomic mass is 9.98. The van der Waals surface area contributed by atoms with Gasteiger partial charge in [-0.15, -0.1) is 4.73 Å². The monoisotopic (exact) mass is 593 g/mol. The van der Waals surface area contributed by atoms with Crippen molar-refractivity contribution in [1.29, 1.82) is 0 Å². The Kier molecular flexibility index (Phi) is 8.67. The predicted octanol–water partition coefficient (Wildman–Crippen LogP) is 5.24. The van der Waals surface area contributed by atoms with Gasteiger partial charge >= 0.3 is 6.18 Å². The molecule has 210 valence electrons. The fourth-order valence-corrected chi connectivity index (χ4v) is 4.53. The van der Waals surface area contributed by atoms with Crippen LogP contribution in [0.5, 0.6) is 0 Å². The fraction of sp³-hybridized carbons (Fsp3) is 0.259. The maximum absolute atomic E-state index is 13.3. The number of aromatic nitrogens is 3. The highest BCUT2D eigenvalue weighted by atomic mass is 35.5. The van der Waals surface area contributed by atoms with Gasteiger partial charge in [0, 0.05) is 47.2 Å². The van der Waals surface area contributed by atoms with E-state index in [9.17, 15) is 22.8 Å². The molecule has 0 aliphatic heterocycles. The third-order valence-corrected chi connectivity index (χ3v) is 6.65. The lowest BCUT2D eigenvalue weighted by Crippen LogP contribution is -2.27. The number of rotatable bonds is 9. The van der Waals surface area contributed by atoms with Crippen LogP contribution in [-0.2, 0) is 12.6 Å². The molecule has 2 aromatic carbocycles. The maximum atomic E-state index is 13.3. The molecule has 0 bridgehead atoms. The zero-order valence-corrected chi connectivity index (χ0v) is 23.2. The number of anilines is 1. The number of benzene rings is 2. The summed E-state index contributed by atoms with van der Waals surface area (Å²) in [4.78, 5) is 42.1. The van der Waals surface area contributed by atoms with E-state index >= 15 is 0 Å². The summed E-state index contributed by atoms with van der Waals surface area (Å²) in [7, 11) is 5.22. The van der Waals surface area contributed by atoms with Gasteiger partial charge in [0.15, 0.2) is 11.4 Å². The molecule has 0 atom stereocenters. The van der Waals surface area contributed by atoms with E-state index in [-0.39, 0.29) is 28.2 Å². The third kappa shape index (κ3) is 6.38. The Morgan fingerprint density at radius 1 is 1.07 bits per heavy atom. The molecule has 13 heteroatoms. The van der Waals surface area contributed by atoms with Crippen LogP contribution >= 0.6 is 23.2 Å². The minimum absolute atomic E-state index is 0.134. The molecule has 0 aliphatic rings. The van der Waals surface area contributed by atoms with E-state index in [0.717, 1.165) is 23.4 Å². The van der Waals surface area contributed by atoms with Crippen molar-refractivity contribution < 1.29 is 22.8 Å². The molecule has 0 unspecified atom stereocenters. The van der Waals surface area contributed by atoms with Crippen LogP contribution < -0.4 is 15.7 Å². The van der Waals surface area contributed by atoms with Crippen LogP contribution in [0.2, 0.25) is 10.0 Å². The minimum atomic E-state index is -4.69. The topological polar surface area (TPSA) is 89.3 Å². The highest BCUT2D eigenvalue weighted by Gasteiger charge is 2.33. The lowest BCUT2D eigenvalue weighted by molar-refractivity contribution is -0.137. The zero-order valence-electron chi connectivity index (χ0n) is 21.6. The molecule has 2 aromatic heterocycles. The molecule has 40 heavy (non-hydrogen) atoms. The van der Waals surface area contributed by atoms with Gasteiger partial charge in [-0.05, 0) is 50.0 Å². The summed E-state index contributed by atoms with van der Waals surface area (Å²) < 4.78 is 40.6. The standard InChI is InChI=1S/C27H24Cl2F3N5O3/c1-36(2)9-8-33-26-34-14-17-12-19(25(39)37(40-3)24(17)35-26)18-6-4-15(10-22(18)29)11-23(38)16-5-7-21(28)20(13-16)27(30,31)32/h4-7,10,12-14H,8-9,11H2,1-3H3,(H,33,34,35). The van der Waals surface area contributed by atoms with E-state index in [1.165, 1.54) is 19.2 Å². The molecule has 0 fully saturated rings. The van der Waals surface area contributed by atoms with Crippen LogP contribution in [0, 0.1) is 0 Å². The largest absolute Gasteiger partial charge is 0.417 e. The molecule has 8 nitrogen and oxygen atoms in total. The van der Waals surface area contributed by atoms with Gasteiger partial charge in [-0.25, -0.2) is 4.98 Å². The second kappa shape index (κ2) is 11.8. The smallest absolute Gasteiger partial charge is 0.412 e. The number of halogens is 5. The summed E-state index contributed by atoms with van der Waals surface area (Å²) in [6.45, 7) is 1.35. The molecule has 0 radical (unpaired) electrons. The molecule has 4 aromatic rings.